The minimum atomic E-state index is 0.682. The third-order valence-electron chi connectivity index (χ3n) is 9.60. The fraction of sp³-hybridized carbons (Fsp3) is 0.488. The minimum absolute atomic E-state index is 0.682. The van der Waals surface area contributed by atoms with Crippen LogP contribution in [0.5, 0.6) is 0 Å². The van der Waals surface area contributed by atoms with Gasteiger partial charge < -0.3 is 9.30 Å². The van der Waals surface area contributed by atoms with Gasteiger partial charge in [0.05, 0.1) is 28.5 Å². The fourth-order valence-electron chi connectivity index (χ4n) is 7.47. The molecule has 1 N–H and O–H groups in total. The number of aromatic nitrogens is 3. The molecule has 0 fully saturated rings. The zero-order valence-corrected chi connectivity index (χ0v) is 30.5. The molecule has 0 saturated carbocycles. The number of hydrogen-bond acceptors (Lipinski definition) is 3. The Morgan fingerprint density at radius 3 is 2.64 bits per heavy atom. The first kappa shape index (κ1) is 35.0. The van der Waals surface area contributed by atoms with Crippen molar-refractivity contribution in [2.75, 3.05) is 19.7 Å². The highest BCUT2D eigenvalue weighted by molar-refractivity contribution is 6.35. The summed E-state index contributed by atoms with van der Waals surface area (Å²) >= 11 is 7.19. The van der Waals surface area contributed by atoms with Crippen LogP contribution in [0.4, 0.5) is 0 Å². The third kappa shape index (κ3) is 7.42. The zero-order valence-electron chi connectivity index (χ0n) is 29.7. The molecular weight excluding hydrogens is 600 g/mol. The highest BCUT2D eigenvalue weighted by atomic mass is 35.5. The Hall–Kier alpha value is -3.28. The molecule has 47 heavy (non-hydrogen) atoms. The smallest absolute Gasteiger partial charge is 0.122 e. The van der Waals surface area contributed by atoms with Crippen molar-refractivity contribution in [1.29, 1.82) is 0 Å². The zero-order chi connectivity index (χ0) is 33.5. The number of aromatic amines is 1. The number of nitrogens with one attached hydrogen (secondary N) is 1. The molecule has 252 valence electrons. The van der Waals surface area contributed by atoms with E-state index in [9.17, 15) is 0 Å². The van der Waals surface area contributed by atoms with Gasteiger partial charge in [-0.2, -0.15) is 5.10 Å². The van der Waals surface area contributed by atoms with Crippen molar-refractivity contribution in [3.05, 3.63) is 87.3 Å². The summed E-state index contributed by atoms with van der Waals surface area (Å²) in [5.74, 6) is 1.04. The van der Waals surface area contributed by atoms with Crippen molar-refractivity contribution in [3.8, 4) is 11.1 Å². The van der Waals surface area contributed by atoms with E-state index in [0.29, 0.717) is 6.61 Å². The monoisotopic (exact) mass is 654 g/mol. The number of H-pyrrole nitrogens is 1. The fourth-order valence-corrected chi connectivity index (χ4v) is 7.72. The Bertz CT molecular complexity index is 1730. The van der Waals surface area contributed by atoms with E-state index in [1.165, 1.54) is 62.9 Å². The van der Waals surface area contributed by atoms with E-state index in [1.54, 1.807) is 0 Å². The lowest BCUT2D eigenvalue weighted by Crippen LogP contribution is -2.26. The van der Waals surface area contributed by atoms with Crippen molar-refractivity contribution >= 4 is 33.8 Å². The van der Waals surface area contributed by atoms with Crippen LogP contribution >= 0.6 is 11.6 Å². The molecule has 5 nitrogen and oxygen atoms in total. The molecular formula is C41H55ClN4O. The molecule has 0 amide bonds. The van der Waals surface area contributed by atoms with Crippen LogP contribution < -0.4 is 0 Å². The van der Waals surface area contributed by atoms with Gasteiger partial charge in [0, 0.05) is 40.9 Å². The second-order valence-corrected chi connectivity index (χ2v) is 13.4. The molecule has 0 saturated heterocycles. The van der Waals surface area contributed by atoms with Crippen molar-refractivity contribution in [2.45, 2.75) is 112 Å². The molecule has 6 heteroatoms. The maximum Gasteiger partial charge on any atom is 0.122 e. The topological polar surface area (TPSA) is 46.1 Å². The van der Waals surface area contributed by atoms with E-state index in [2.05, 4.69) is 85.2 Å². The largest absolute Gasteiger partial charge is 0.493 e. The van der Waals surface area contributed by atoms with Crippen molar-refractivity contribution in [3.63, 3.8) is 0 Å². The summed E-state index contributed by atoms with van der Waals surface area (Å²) in [6.45, 7) is 22.0. The summed E-state index contributed by atoms with van der Waals surface area (Å²) < 4.78 is 8.99. The Balaban J connectivity index is 0.00000213. The predicted molar refractivity (Wildman–Crippen MR) is 201 cm³/mol. The van der Waals surface area contributed by atoms with E-state index in [1.807, 2.05) is 13.8 Å². The van der Waals surface area contributed by atoms with Crippen LogP contribution in [0.2, 0.25) is 5.02 Å². The van der Waals surface area contributed by atoms with Crippen LogP contribution in [0.25, 0.3) is 33.4 Å². The first-order valence-corrected chi connectivity index (χ1v) is 18.5. The summed E-state index contributed by atoms with van der Waals surface area (Å²) in [5, 5.41) is 10.4. The molecule has 4 aromatic rings. The van der Waals surface area contributed by atoms with Crippen LogP contribution in [0, 0.1) is 6.92 Å². The molecule has 2 aliphatic rings. The number of aryl methyl sites for hydroxylation is 5. The predicted octanol–water partition coefficient (Wildman–Crippen LogP) is 10.9. The SMILES string of the molecule is C=C(C)c1c(CCCOC2=CCCc3cc(C)ccc32)c2ccc(Cl)c3c2n1CCCCN(CCCC)Cc1[nH]nc(CC)c1-3.CC. The standard InChI is InChI=1S/C39H49ClN4O.C2H6/c1-6-8-20-43-21-9-10-22-44-38(26(3)4)30(14-12-23-45-35-15-11-13-28-24-27(5)16-17-29(28)35)31-18-19-32(40)36(39(31)44)37-33(7-2)41-42-34(37)25-43;1-2/h15-19,24H,3,6-14,20-23,25H2,1-2,4-5H3,(H,41,42);1-2H3. The molecule has 0 radical (unpaired) electrons. The summed E-state index contributed by atoms with van der Waals surface area (Å²) in [6.07, 6.45) is 11.8. The van der Waals surface area contributed by atoms with Crippen molar-refractivity contribution in [1.82, 2.24) is 19.7 Å². The molecule has 0 unspecified atom stereocenters. The van der Waals surface area contributed by atoms with Crippen LogP contribution in [-0.2, 0) is 37.1 Å². The molecule has 0 atom stereocenters. The summed E-state index contributed by atoms with van der Waals surface area (Å²) in [5.41, 5.74) is 13.5. The first-order valence-electron chi connectivity index (χ1n) is 18.1. The Labute approximate surface area is 288 Å². The first-order chi connectivity index (χ1) is 22.9. The number of nitrogens with zero attached hydrogens (tertiary/aromatic N) is 3. The maximum atomic E-state index is 7.19. The number of fused-ring (bicyclic) bond motifs is 3. The third-order valence-corrected chi connectivity index (χ3v) is 9.91. The van der Waals surface area contributed by atoms with Gasteiger partial charge in [0.25, 0.3) is 0 Å². The van der Waals surface area contributed by atoms with Gasteiger partial charge >= 0.3 is 0 Å². The van der Waals surface area contributed by atoms with E-state index >= 15 is 0 Å². The van der Waals surface area contributed by atoms with Gasteiger partial charge in [0.2, 0.25) is 0 Å². The van der Waals surface area contributed by atoms with Gasteiger partial charge in [-0.1, -0.05) is 82.1 Å². The van der Waals surface area contributed by atoms with E-state index in [0.717, 1.165) is 98.7 Å². The van der Waals surface area contributed by atoms with Gasteiger partial charge in [-0.25, -0.2) is 0 Å². The highest BCUT2D eigenvalue weighted by Crippen LogP contribution is 2.44. The summed E-state index contributed by atoms with van der Waals surface area (Å²) in [6, 6.07) is 11.1. The number of benzene rings is 2. The molecule has 2 aromatic heterocycles. The molecule has 2 aromatic carbocycles. The van der Waals surface area contributed by atoms with Gasteiger partial charge in [0.15, 0.2) is 0 Å². The summed E-state index contributed by atoms with van der Waals surface area (Å²) in [4.78, 5) is 2.60. The molecule has 0 spiro atoms. The second-order valence-electron chi connectivity index (χ2n) is 13.0. The maximum absolute atomic E-state index is 7.19. The van der Waals surface area contributed by atoms with E-state index in [4.69, 9.17) is 21.4 Å². The molecule has 6 rings (SSSR count). The molecule has 0 bridgehead atoms. The van der Waals surface area contributed by atoms with Gasteiger partial charge in [0.1, 0.15) is 5.76 Å². The van der Waals surface area contributed by atoms with Gasteiger partial charge in [-0.05, 0) is 107 Å². The minimum Gasteiger partial charge on any atom is -0.493 e. The number of rotatable bonds is 10. The second kappa shape index (κ2) is 16.2. The van der Waals surface area contributed by atoms with Crippen molar-refractivity contribution < 1.29 is 4.74 Å². The van der Waals surface area contributed by atoms with E-state index < -0.39 is 0 Å². The van der Waals surface area contributed by atoms with Crippen LogP contribution in [-0.4, -0.2) is 39.4 Å². The Morgan fingerprint density at radius 1 is 1.06 bits per heavy atom. The molecule has 1 aliphatic heterocycles. The van der Waals surface area contributed by atoms with Gasteiger partial charge in [-0.3, -0.25) is 10.00 Å². The van der Waals surface area contributed by atoms with Crippen LogP contribution in [0.15, 0.2) is 43.0 Å². The number of allylic oxidation sites excluding steroid dienone is 2. The Morgan fingerprint density at radius 2 is 1.87 bits per heavy atom. The van der Waals surface area contributed by atoms with Crippen LogP contribution in [0.1, 0.15) is 112 Å². The quantitative estimate of drug-likeness (QED) is 0.173. The summed E-state index contributed by atoms with van der Waals surface area (Å²) in [7, 11) is 0. The van der Waals surface area contributed by atoms with Gasteiger partial charge in [-0.15, -0.1) is 0 Å². The lowest BCUT2D eigenvalue weighted by atomic mass is 9.94. The number of hydrogen-bond donors (Lipinski definition) is 1. The molecule has 1 aliphatic carbocycles. The van der Waals surface area contributed by atoms with Crippen LogP contribution in [0.3, 0.4) is 0 Å². The lowest BCUT2D eigenvalue weighted by molar-refractivity contribution is 0.251. The average Bonchev–Trinajstić information content (AvgIpc) is 3.61. The molecule has 3 heterocycles. The number of ether oxygens (including phenoxy) is 1. The van der Waals surface area contributed by atoms with Crippen molar-refractivity contribution in [2.24, 2.45) is 0 Å². The lowest BCUT2D eigenvalue weighted by Gasteiger charge is -2.22. The number of halogens is 1. The highest BCUT2D eigenvalue weighted by Gasteiger charge is 2.27. The number of unbranched alkanes of at least 4 members (excludes halogenated alkanes) is 1. The normalized spacial score (nSPS) is 14.8. The van der Waals surface area contributed by atoms with E-state index in [-0.39, 0.29) is 0 Å². The average molecular weight is 655 g/mol. The Kier molecular flexibility index (Phi) is 12.1.